The SMILES string of the molecule is COC(=O)Cc1sc(NC(=O)[C@H]2CCN[C@@H](C)C2)nc1-c1ccccc1. The zero-order valence-corrected chi connectivity index (χ0v) is 15.8. The number of hydrogen-bond acceptors (Lipinski definition) is 6. The van der Waals surface area contributed by atoms with E-state index >= 15 is 0 Å². The number of carbonyl (C=O) groups is 2. The lowest BCUT2D eigenvalue weighted by Crippen LogP contribution is -2.40. The molecule has 0 bridgehead atoms. The zero-order chi connectivity index (χ0) is 18.5. The molecule has 2 atom stereocenters. The van der Waals surface area contributed by atoms with E-state index in [0.29, 0.717) is 11.2 Å². The molecule has 138 valence electrons. The first-order valence-corrected chi connectivity index (χ1v) is 9.54. The van der Waals surface area contributed by atoms with E-state index in [4.69, 9.17) is 4.74 Å². The molecule has 6 nitrogen and oxygen atoms in total. The number of thiazole rings is 1. The van der Waals surface area contributed by atoms with Crippen molar-refractivity contribution in [2.45, 2.75) is 32.2 Å². The molecule has 0 radical (unpaired) electrons. The summed E-state index contributed by atoms with van der Waals surface area (Å²) in [4.78, 5) is 29.7. The number of ether oxygens (including phenoxy) is 1. The predicted octanol–water partition coefficient (Wildman–Crippen LogP) is 2.85. The number of nitrogens with zero attached hydrogens (tertiary/aromatic N) is 1. The molecule has 0 aliphatic carbocycles. The first kappa shape index (κ1) is 18.5. The molecule has 1 aromatic heterocycles. The average Bonchev–Trinajstić information content (AvgIpc) is 3.04. The number of rotatable bonds is 5. The third-order valence-electron chi connectivity index (χ3n) is 4.50. The molecule has 2 aromatic rings. The van der Waals surface area contributed by atoms with Crippen LogP contribution in [0.1, 0.15) is 24.6 Å². The van der Waals surface area contributed by atoms with E-state index in [9.17, 15) is 9.59 Å². The van der Waals surface area contributed by atoms with Gasteiger partial charge in [0.2, 0.25) is 5.91 Å². The van der Waals surface area contributed by atoms with Crippen LogP contribution in [0.4, 0.5) is 5.13 Å². The molecule has 2 N–H and O–H groups in total. The van der Waals surface area contributed by atoms with Crippen molar-refractivity contribution in [3.05, 3.63) is 35.2 Å². The van der Waals surface area contributed by atoms with E-state index in [0.717, 1.165) is 35.5 Å². The highest BCUT2D eigenvalue weighted by molar-refractivity contribution is 7.16. The number of amides is 1. The van der Waals surface area contributed by atoms with Crippen molar-refractivity contribution >= 4 is 28.3 Å². The minimum absolute atomic E-state index is 0.00340. The third kappa shape index (κ3) is 4.47. The van der Waals surface area contributed by atoms with E-state index in [1.165, 1.54) is 18.4 Å². The normalized spacial score (nSPS) is 19.8. The van der Waals surface area contributed by atoms with Gasteiger partial charge in [-0.1, -0.05) is 30.3 Å². The number of benzene rings is 1. The van der Waals surface area contributed by atoms with Crippen LogP contribution in [0.25, 0.3) is 11.3 Å². The number of nitrogens with one attached hydrogen (secondary N) is 2. The molecule has 0 spiro atoms. The molecule has 3 rings (SSSR count). The summed E-state index contributed by atoms with van der Waals surface area (Å²) < 4.78 is 4.79. The Kier molecular flexibility index (Phi) is 6.00. The molecule has 0 saturated carbocycles. The van der Waals surface area contributed by atoms with Crippen molar-refractivity contribution in [1.29, 1.82) is 0 Å². The summed E-state index contributed by atoms with van der Waals surface area (Å²) in [5.74, 6) is -0.341. The highest BCUT2D eigenvalue weighted by Crippen LogP contribution is 2.32. The Balaban J connectivity index is 1.81. The highest BCUT2D eigenvalue weighted by atomic mass is 32.1. The van der Waals surface area contributed by atoms with Gasteiger partial charge in [0.25, 0.3) is 0 Å². The number of hydrogen-bond donors (Lipinski definition) is 2. The zero-order valence-electron chi connectivity index (χ0n) is 15.0. The molecule has 26 heavy (non-hydrogen) atoms. The smallest absolute Gasteiger partial charge is 0.310 e. The average molecular weight is 373 g/mol. The van der Waals surface area contributed by atoms with Gasteiger partial charge in [0.1, 0.15) is 0 Å². The van der Waals surface area contributed by atoms with Crippen LogP contribution in [0.3, 0.4) is 0 Å². The van der Waals surface area contributed by atoms with Crippen LogP contribution in [0.2, 0.25) is 0 Å². The lowest BCUT2D eigenvalue weighted by atomic mass is 9.92. The van der Waals surface area contributed by atoms with Gasteiger partial charge in [-0.05, 0) is 26.3 Å². The molecule has 1 saturated heterocycles. The molecule has 7 heteroatoms. The van der Waals surface area contributed by atoms with Gasteiger partial charge >= 0.3 is 5.97 Å². The lowest BCUT2D eigenvalue weighted by Gasteiger charge is -2.26. The van der Waals surface area contributed by atoms with Crippen LogP contribution in [0, 0.1) is 5.92 Å². The van der Waals surface area contributed by atoms with Gasteiger partial charge in [-0.25, -0.2) is 4.98 Å². The number of methoxy groups -OCH3 is 1. The highest BCUT2D eigenvalue weighted by Gasteiger charge is 2.26. The molecular weight excluding hydrogens is 350 g/mol. The number of aromatic nitrogens is 1. The summed E-state index contributed by atoms with van der Waals surface area (Å²) in [5.41, 5.74) is 1.63. The Bertz CT molecular complexity index is 776. The monoisotopic (exact) mass is 373 g/mol. The van der Waals surface area contributed by atoms with Crippen LogP contribution in [0.15, 0.2) is 30.3 Å². The van der Waals surface area contributed by atoms with Crippen molar-refractivity contribution < 1.29 is 14.3 Å². The van der Waals surface area contributed by atoms with Gasteiger partial charge in [-0.3, -0.25) is 9.59 Å². The maximum absolute atomic E-state index is 12.6. The standard InChI is InChI=1S/C19H23N3O3S/c1-12-10-14(8-9-20-12)18(24)22-19-21-17(13-6-4-3-5-7-13)15(26-19)11-16(23)25-2/h3-7,12,14,20H,8-11H2,1-2H3,(H,21,22,24)/t12-,14-/m0/s1. The van der Waals surface area contributed by atoms with Gasteiger partial charge in [-0.15, -0.1) is 11.3 Å². The summed E-state index contributed by atoms with van der Waals surface area (Å²) >= 11 is 1.33. The molecular formula is C19H23N3O3S. The van der Waals surface area contributed by atoms with Crippen LogP contribution >= 0.6 is 11.3 Å². The van der Waals surface area contributed by atoms with Crippen LogP contribution in [-0.4, -0.2) is 36.6 Å². The lowest BCUT2D eigenvalue weighted by molar-refractivity contribution is -0.139. The van der Waals surface area contributed by atoms with Gasteiger partial charge in [0, 0.05) is 22.4 Å². The number of esters is 1. The van der Waals surface area contributed by atoms with Crippen molar-refractivity contribution in [2.75, 3.05) is 19.0 Å². The maximum atomic E-state index is 12.6. The van der Waals surface area contributed by atoms with Crippen LogP contribution in [-0.2, 0) is 20.7 Å². The van der Waals surface area contributed by atoms with Gasteiger partial charge in [0.15, 0.2) is 5.13 Å². The first-order valence-electron chi connectivity index (χ1n) is 8.73. The fourth-order valence-electron chi connectivity index (χ4n) is 3.13. The molecule has 0 unspecified atom stereocenters. The van der Waals surface area contributed by atoms with E-state index in [1.54, 1.807) is 0 Å². The summed E-state index contributed by atoms with van der Waals surface area (Å²) in [6.45, 7) is 2.94. The molecule has 1 aliphatic rings. The Hall–Kier alpha value is -2.25. The first-order chi connectivity index (χ1) is 12.6. The largest absolute Gasteiger partial charge is 0.469 e. The summed E-state index contributed by atoms with van der Waals surface area (Å²) in [6.07, 6.45) is 1.78. The van der Waals surface area contributed by atoms with Crippen LogP contribution in [0.5, 0.6) is 0 Å². The van der Waals surface area contributed by atoms with Gasteiger partial charge in [0.05, 0.1) is 19.2 Å². The molecule has 1 aliphatic heterocycles. The fraction of sp³-hybridized carbons (Fsp3) is 0.421. The Morgan fingerprint density at radius 3 is 2.81 bits per heavy atom. The fourth-order valence-corrected chi connectivity index (χ4v) is 4.10. The Morgan fingerprint density at radius 1 is 1.35 bits per heavy atom. The molecule has 2 heterocycles. The minimum atomic E-state index is -0.323. The van der Waals surface area contributed by atoms with E-state index in [-0.39, 0.29) is 24.2 Å². The van der Waals surface area contributed by atoms with Crippen molar-refractivity contribution in [3.8, 4) is 11.3 Å². The van der Waals surface area contributed by atoms with Crippen LogP contribution < -0.4 is 10.6 Å². The third-order valence-corrected chi connectivity index (χ3v) is 5.47. The molecule has 1 amide bonds. The van der Waals surface area contributed by atoms with Gasteiger partial charge < -0.3 is 15.4 Å². The van der Waals surface area contributed by atoms with E-state index < -0.39 is 0 Å². The van der Waals surface area contributed by atoms with E-state index in [2.05, 4.69) is 22.5 Å². The Labute approximate surface area is 157 Å². The molecule has 1 aromatic carbocycles. The van der Waals surface area contributed by atoms with Gasteiger partial charge in [-0.2, -0.15) is 0 Å². The number of anilines is 1. The quantitative estimate of drug-likeness (QED) is 0.788. The predicted molar refractivity (Wildman–Crippen MR) is 102 cm³/mol. The maximum Gasteiger partial charge on any atom is 0.310 e. The second-order valence-corrected chi connectivity index (χ2v) is 7.56. The number of piperidine rings is 1. The minimum Gasteiger partial charge on any atom is -0.469 e. The topological polar surface area (TPSA) is 80.3 Å². The van der Waals surface area contributed by atoms with Crippen molar-refractivity contribution in [3.63, 3.8) is 0 Å². The van der Waals surface area contributed by atoms with Crippen molar-refractivity contribution in [1.82, 2.24) is 10.3 Å². The number of carbonyl (C=O) groups excluding carboxylic acids is 2. The molecule has 1 fully saturated rings. The second kappa shape index (κ2) is 8.42. The summed E-state index contributed by atoms with van der Waals surface area (Å²) in [6, 6.07) is 9.99. The van der Waals surface area contributed by atoms with E-state index in [1.807, 2.05) is 30.3 Å². The second-order valence-electron chi connectivity index (χ2n) is 6.48. The van der Waals surface area contributed by atoms with Crippen molar-refractivity contribution in [2.24, 2.45) is 5.92 Å². The summed E-state index contributed by atoms with van der Waals surface area (Å²) in [5, 5.41) is 6.82. The Morgan fingerprint density at radius 2 is 2.12 bits per heavy atom. The summed E-state index contributed by atoms with van der Waals surface area (Å²) in [7, 11) is 1.37.